The van der Waals surface area contributed by atoms with E-state index in [1.807, 2.05) is 0 Å². The molecule has 6 heteroatoms. The molecule has 6 nitrogen and oxygen atoms in total. The lowest BCUT2D eigenvalue weighted by atomic mass is 10.00. The number of ether oxygens (including phenoxy) is 3. The van der Waals surface area contributed by atoms with Crippen molar-refractivity contribution >= 4 is 17.9 Å². The minimum absolute atomic E-state index is 0.0651. The van der Waals surface area contributed by atoms with E-state index >= 15 is 0 Å². The van der Waals surface area contributed by atoms with E-state index in [0.29, 0.717) is 19.3 Å². The smallest absolute Gasteiger partial charge is 0.306 e. The van der Waals surface area contributed by atoms with Gasteiger partial charge < -0.3 is 14.2 Å². The van der Waals surface area contributed by atoms with E-state index < -0.39 is 6.10 Å². The third-order valence-corrected chi connectivity index (χ3v) is 12.5. The number of unbranched alkanes of at least 4 members (excludes halogenated alkanes) is 29. The monoisotopic (exact) mass is 849 g/mol. The van der Waals surface area contributed by atoms with Crippen molar-refractivity contribution in [1.29, 1.82) is 0 Å². The van der Waals surface area contributed by atoms with E-state index in [1.165, 1.54) is 173 Å². The lowest BCUT2D eigenvalue weighted by molar-refractivity contribution is -0.167. The highest BCUT2D eigenvalue weighted by atomic mass is 16.6. The van der Waals surface area contributed by atoms with E-state index in [2.05, 4.69) is 41.5 Å². The molecule has 0 fully saturated rings. The molecular weight excluding hydrogens is 745 g/mol. The van der Waals surface area contributed by atoms with Gasteiger partial charge in [0.25, 0.3) is 0 Å². The Morgan fingerprint density at radius 1 is 0.333 bits per heavy atom. The molecule has 0 aliphatic heterocycles. The maximum absolute atomic E-state index is 12.8. The summed E-state index contributed by atoms with van der Waals surface area (Å²) >= 11 is 0. The summed E-state index contributed by atoms with van der Waals surface area (Å²) in [6.45, 7) is 13.7. The van der Waals surface area contributed by atoms with Crippen LogP contribution >= 0.6 is 0 Å². The molecule has 0 aromatic rings. The first-order valence-electron chi connectivity index (χ1n) is 26.6. The fraction of sp³-hybridized carbons (Fsp3) is 0.944. The van der Waals surface area contributed by atoms with E-state index in [4.69, 9.17) is 14.2 Å². The van der Waals surface area contributed by atoms with E-state index in [0.717, 1.165) is 75.5 Å². The first-order valence-corrected chi connectivity index (χ1v) is 26.6. The maximum atomic E-state index is 12.8. The Labute approximate surface area is 374 Å². The van der Waals surface area contributed by atoms with Crippen molar-refractivity contribution in [2.45, 2.75) is 298 Å². The second-order valence-electron chi connectivity index (χ2n) is 19.7. The predicted molar refractivity (Wildman–Crippen MR) is 256 cm³/mol. The Kier molecular flexibility index (Phi) is 44.2. The van der Waals surface area contributed by atoms with Gasteiger partial charge in [0.15, 0.2) is 6.10 Å². The van der Waals surface area contributed by atoms with Crippen LogP contribution in [0.1, 0.15) is 292 Å². The highest BCUT2D eigenvalue weighted by Crippen LogP contribution is 2.18. The minimum Gasteiger partial charge on any atom is -0.462 e. The predicted octanol–water partition coefficient (Wildman–Crippen LogP) is 17.2. The zero-order valence-corrected chi connectivity index (χ0v) is 41.3. The van der Waals surface area contributed by atoms with Crippen LogP contribution in [-0.2, 0) is 28.6 Å². The molecule has 0 bridgehead atoms. The lowest BCUT2D eigenvalue weighted by Gasteiger charge is -2.18. The standard InChI is InChI=1S/C54H104O6/c1-7-50(6)42-36-30-26-27-32-38-44-53(56)59-47-51(60-54(57)45-39-33-25-21-17-16-19-23-29-35-41-49(4)5)46-58-52(55)43-37-31-24-20-15-13-11-9-8-10-12-14-18-22-28-34-40-48(2)3/h48-51H,7-47H2,1-6H3/t50?,51-/m0/s1. The van der Waals surface area contributed by atoms with E-state index in [1.54, 1.807) is 0 Å². The van der Waals surface area contributed by atoms with Crippen LogP contribution in [0, 0.1) is 17.8 Å². The molecule has 0 rings (SSSR count). The summed E-state index contributed by atoms with van der Waals surface area (Å²) in [5.41, 5.74) is 0. The normalized spacial score (nSPS) is 12.6. The highest BCUT2D eigenvalue weighted by Gasteiger charge is 2.19. The largest absolute Gasteiger partial charge is 0.462 e. The Bertz CT molecular complexity index is 931. The van der Waals surface area contributed by atoms with Crippen molar-refractivity contribution in [1.82, 2.24) is 0 Å². The molecule has 0 spiro atoms. The molecule has 0 radical (unpaired) electrons. The molecule has 0 saturated carbocycles. The van der Waals surface area contributed by atoms with Gasteiger partial charge in [-0.05, 0) is 37.0 Å². The van der Waals surface area contributed by atoms with Crippen LogP contribution < -0.4 is 0 Å². The van der Waals surface area contributed by atoms with Crippen LogP contribution in [0.25, 0.3) is 0 Å². The fourth-order valence-electron chi connectivity index (χ4n) is 8.08. The zero-order valence-electron chi connectivity index (χ0n) is 41.3. The Morgan fingerprint density at radius 3 is 0.867 bits per heavy atom. The molecular formula is C54H104O6. The zero-order chi connectivity index (χ0) is 44.2. The summed E-state index contributed by atoms with van der Waals surface area (Å²) in [6.07, 6.45) is 45.3. The average molecular weight is 849 g/mol. The SMILES string of the molecule is CCC(C)CCCCCCCCC(=O)OC[C@H](COC(=O)CCCCCCCCCCCCCCCCCCC(C)C)OC(=O)CCCCCCCCCCCCC(C)C. The van der Waals surface area contributed by atoms with Crippen LogP contribution in [0.3, 0.4) is 0 Å². The number of carbonyl (C=O) groups excluding carboxylic acids is 3. The van der Waals surface area contributed by atoms with Gasteiger partial charge in [-0.2, -0.15) is 0 Å². The number of carbonyl (C=O) groups is 3. The highest BCUT2D eigenvalue weighted by molar-refractivity contribution is 5.71. The van der Waals surface area contributed by atoms with Gasteiger partial charge in [-0.25, -0.2) is 0 Å². The van der Waals surface area contributed by atoms with Gasteiger partial charge in [0.05, 0.1) is 0 Å². The quantitative estimate of drug-likeness (QED) is 0.0345. The van der Waals surface area contributed by atoms with Crippen LogP contribution in [0.4, 0.5) is 0 Å². The van der Waals surface area contributed by atoms with Gasteiger partial charge >= 0.3 is 17.9 Å². The molecule has 0 N–H and O–H groups in total. The third kappa shape index (κ3) is 45.9. The van der Waals surface area contributed by atoms with Crippen LogP contribution in [0.15, 0.2) is 0 Å². The summed E-state index contributed by atoms with van der Waals surface area (Å²) in [5, 5.41) is 0. The summed E-state index contributed by atoms with van der Waals surface area (Å²) in [5.74, 6) is 1.63. The average Bonchev–Trinajstić information content (AvgIpc) is 3.22. The van der Waals surface area contributed by atoms with Crippen LogP contribution in [0.2, 0.25) is 0 Å². The Hall–Kier alpha value is -1.59. The van der Waals surface area contributed by atoms with Gasteiger partial charge in [0.2, 0.25) is 0 Å². The number of esters is 3. The molecule has 0 saturated heterocycles. The number of hydrogen-bond acceptors (Lipinski definition) is 6. The maximum Gasteiger partial charge on any atom is 0.306 e. The van der Waals surface area contributed by atoms with Crippen molar-refractivity contribution in [3.63, 3.8) is 0 Å². The van der Waals surface area contributed by atoms with Crippen molar-refractivity contribution in [3.8, 4) is 0 Å². The molecule has 1 unspecified atom stereocenters. The summed E-state index contributed by atoms with van der Waals surface area (Å²) < 4.78 is 16.8. The molecule has 2 atom stereocenters. The van der Waals surface area contributed by atoms with Gasteiger partial charge in [0.1, 0.15) is 13.2 Å². The third-order valence-electron chi connectivity index (χ3n) is 12.5. The summed E-state index contributed by atoms with van der Waals surface area (Å²) in [6, 6.07) is 0. The number of rotatable bonds is 47. The second kappa shape index (κ2) is 45.4. The molecule has 0 aromatic carbocycles. The van der Waals surface area contributed by atoms with Crippen molar-refractivity contribution in [2.75, 3.05) is 13.2 Å². The molecule has 60 heavy (non-hydrogen) atoms. The Morgan fingerprint density at radius 2 is 0.583 bits per heavy atom. The number of hydrogen-bond donors (Lipinski definition) is 0. The van der Waals surface area contributed by atoms with Crippen molar-refractivity contribution in [2.24, 2.45) is 17.8 Å². The van der Waals surface area contributed by atoms with Gasteiger partial charge in [0, 0.05) is 19.3 Å². The molecule has 356 valence electrons. The minimum atomic E-state index is -0.763. The summed E-state index contributed by atoms with van der Waals surface area (Å²) in [4.78, 5) is 37.9. The summed E-state index contributed by atoms with van der Waals surface area (Å²) in [7, 11) is 0. The van der Waals surface area contributed by atoms with Crippen molar-refractivity contribution < 1.29 is 28.6 Å². The molecule has 0 amide bonds. The molecule has 0 aromatic heterocycles. The van der Waals surface area contributed by atoms with E-state index in [9.17, 15) is 14.4 Å². The van der Waals surface area contributed by atoms with E-state index in [-0.39, 0.29) is 31.1 Å². The lowest BCUT2D eigenvalue weighted by Crippen LogP contribution is -2.30. The molecule has 0 aliphatic rings. The molecule has 0 aliphatic carbocycles. The van der Waals surface area contributed by atoms with Gasteiger partial charge in [-0.1, -0.05) is 253 Å². The fourth-order valence-corrected chi connectivity index (χ4v) is 8.08. The Balaban J connectivity index is 4.25. The van der Waals surface area contributed by atoms with Gasteiger partial charge in [-0.3, -0.25) is 14.4 Å². The second-order valence-corrected chi connectivity index (χ2v) is 19.7. The van der Waals surface area contributed by atoms with Gasteiger partial charge in [-0.15, -0.1) is 0 Å². The van der Waals surface area contributed by atoms with Crippen LogP contribution in [0.5, 0.6) is 0 Å². The van der Waals surface area contributed by atoms with Crippen LogP contribution in [-0.4, -0.2) is 37.2 Å². The van der Waals surface area contributed by atoms with Crippen molar-refractivity contribution in [3.05, 3.63) is 0 Å². The molecule has 0 heterocycles. The first-order chi connectivity index (χ1) is 29.1. The first kappa shape index (κ1) is 58.4. The topological polar surface area (TPSA) is 78.9 Å².